The summed E-state index contributed by atoms with van der Waals surface area (Å²) < 4.78 is 11.0. The molecule has 1 unspecified atom stereocenters. The Morgan fingerprint density at radius 3 is 3.05 bits per heavy atom. The van der Waals surface area contributed by atoms with E-state index < -0.39 is 0 Å². The van der Waals surface area contributed by atoms with Gasteiger partial charge >= 0.3 is 0 Å². The normalized spacial score (nSPS) is 18.3. The summed E-state index contributed by atoms with van der Waals surface area (Å²) in [5, 5.41) is 8.30. The van der Waals surface area contributed by atoms with Crippen molar-refractivity contribution in [2.45, 2.75) is 25.7 Å². The monoisotopic (exact) mass is 301 g/mol. The minimum absolute atomic E-state index is 0.0947. The van der Waals surface area contributed by atoms with Crippen LogP contribution >= 0.6 is 0 Å². The van der Waals surface area contributed by atoms with E-state index in [9.17, 15) is 4.79 Å². The molecule has 1 aliphatic rings. The zero-order chi connectivity index (χ0) is 15.5. The number of benzene rings is 1. The van der Waals surface area contributed by atoms with Crippen molar-refractivity contribution in [1.29, 1.82) is 0 Å². The maximum atomic E-state index is 11.5. The Labute approximate surface area is 129 Å². The Bertz CT molecular complexity index is 668. The van der Waals surface area contributed by atoms with Crippen molar-refractivity contribution in [3.8, 4) is 17.2 Å². The second kappa shape index (κ2) is 6.17. The summed E-state index contributed by atoms with van der Waals surface area (Å²) in [4.78, 5) is 13.4. The smallest absolute Gasteiger partial charge is 0.247 e. The Balaban J connectivity index is 1.79. The van der Waals surface area contributed by atoms with Gasteiger partial charge in [0, 0.05) is 25.6 Å². The van der Waals surface area contributed by atoms with Crippen LogP contribution in [-0.2, 0) is 4.79 Å². The lowest BCUT2D eigenvalue weighted by Crippen LogP contribution is -2.37. The number of piperidine rings is 1. The van der Waals surface area contributed by atoms with Gasteiger partial charge in [-0.1, -0.05) is 6.07 Å². The van der Waals surface area contributed by atoms with E-state index in [0.717, 1.165) is 30.7 Å². The predicted octanol–water partition coefficient (Wildman–Crippen LogP) is 2.47. The van der Waals surface area contributed by atoms with Crippen LogP contribution in [0.4, 0.5) is 0 Å². The topological polar surface area (TPSA) is 68.5 Å². The first-order chi connectivity index (χ1) is 10.7. The van der Waals surface area contributed by atoms with E-state index in [1.165, 1.54) is 0 Å². The number of rotatable bonds is 3. The lowest BCUT2D eigenvalue weighted by molar-refractivity contribution is -0.130. The van der Waals surface area contributed by atoms with Gasteiger partial charge in [0.05, 0.1) is 13.0 Å². The molecule has 0 N–H and O–H groups in total. The Morgan fingerprint density at radius 2 is 2.27 bits per heavy atom. The molecule has 116 valence electrons. The molecule has 2 aromatic rings. The molecule has 0 saturated carbocycles. The summed E-state index contributed by atoms with van der Waals surface area (Å²) in [5.74, 6) is 2.04. The van der Waals surface area contributed by atoms with Crippen molar-refractivity contribution >= 4 is 5.91 Å². The van der Waals surface area contributed by atoms with Gasteiger partial charge in [-0.3, -0.25) is 4.79 Å². The van der Waals surface area contributed by atoms with Crippen LogP contribution < -0.4 is 4.74 Å². The summed E-state index contributed by atoms with van der Waals surface area (Å²) >= 11 is 0. The van der Waals surface area contributed by atoms with Crippen LogP contribution in [0.15, 0.2) is 28.7 Å². The minimum Gasteiger partial charge on any atom is -0.497 e. The van der Waals surface area contributed by atoms with E-state index in [-0.39, 0.29) is 11.8 Å². The molecule has 0 spiro atoms. The molecule has 3 rings (SSSR count). The van der Waals surface area contributed by atoms with Crippen LogP contribution in [0, 0.1) is 0 Å². The molecular formula is C16H19N3O3. The summed E-state index contributed by atoms with van der Waals surface area (Å²) in [6, 6.07) is 7.52. The number of hydrogen-bond acceptors (Lipinski definition) is 5. The standard InChI is InChI=1S/C16H19N3O3/c1-11(20)19-8-4-6-13(10-19)16-18-17-15(22-16)12-5-3-7-14(9-12)21-2/h3,5,7,9,13H,4,6,8,10H2,1-2H3. The van der Waals surface area contributed by atoms with Crippen molar-refractivity contribution in [3.63, 3.8) is 0 Å². The van der Waals surface area contributed by atoms with Crippen molar-refractivity contribution in [2.24, 2.45) is 0 Å². The quantitative estimate of drug-likeness (QED) is 0.871. The Morgan fingerprint density at radius 1 is 1.41 bits per heavy atom. The van der Waals surface area contributed by atoms with Gasteiger partial charge in [0.2, 0.25) is 17.7 Å². The largest absolute Gasteiger partial charge is 0.497 e. The zero-order valence-corrected chi connectivity index (χ0v) is 12.8. The maximum absolute atomic E-state index is 11.5. The van der Waals surface area contributed by atoms with Crippen LogP contribution in [0.25, 0.3) is 11.5 Å². The van der Waals surface area contributed by atoms with Gasteiger partial charge in [-0.05, 0) is 31.0 Å². The Kier molecular flexibility index (Phi) is 4.09. The van der Waals surface area contributed by atoms with Gasteiger partial charge in [0.15, 0.2) is 0 Å². The molecule has 0 bridgehead atoms. The molecule has 6 heteroatoms. The summed E-state index contributed by atoms with van der Waals surface area (Å²) in [6.07, 6.45) is 1.92. The lowest BCUT2D eigenvalue weighted by Gasteiger charge is -2.30. The number of carbonyl (C=O) groups is 1. The number of likely N-dealkylation sites (tertiary alicyclic amines) is 1. The fourth-order valence-corrected chi connectivity index (χ4v) is 2.74. The van der Waals surface area contributed by atoms with Gasteiger partial charge < -0.3 is 14.1 Å². The third-order valence-electron chi connectivity index (χ3n) is 3.97. The van der Waals surface area contributed by atoms with Crippen LogP contribution in [-0.4, -0.2) is 41.2 Å². The number of aromatic nitrogens is 2. The predicted molar refractivity (Wildman–Crippen MR) is 80.5 cm³/mol. The second-order valence-electron chi connectivity index (χ2n) is 5.48. The fraction of sp³-hybridized carbons (Fsp3) is 0.438. The van der Waals surface area contributed by atoms with Crippen molar-refractivity contribution in [3.05, 3.63) is 30.2 Å². The van der Waals surface area contributed by atoms with Gasteiger partial charge in [0.1, 0.15) is 5.75 Å². The highest BCUT2D eigenvalue weighted by Crippen LogP contribution is 2.29. The number of hydrogen-bond donors (Lipinski definition) is 0. The highest BCUT2D eigenvalue weighted by Gasteiger charge is 2.27. The average molecular weight is 301 g/mol. The number of ether oxygens (including phenoxy) is 1. The fourth-order valence-electron chi connectivity index (χ4n) is 2.74. The molecular weight excluding hydrogens is 282 g/mol. The zero-order valence-electron chi connectivity index (χ0n) is 12.8. The summed E-state index contributed by atoms with van der Waals surface area (Å²) in [6.45, 7) is 3.05. The van der Waals surface area contributed by atoms with E-state index in [4.69, 9.17) is 9.15 Å². The summed E-state index contributed by atoms with van der Waals surface area (Å²) in [5.41, 5.74) is 0.831. The number of methoxy groups -OCH3 is 1. The maximum Gasteiger partial charge on any atom is 0.247 e. The second-order valence-corrected chi connectivity index (χ2v) is 5.48. The molecule has 1 aliphatic heterocycles. The SMILES string of the molecule is COc1cccc(-c2nnc(C3CCCN(C(C)=O)C3)o2)c1. The average Bonchev–Trinajstić information content (AvgIpc) is 3.05. The minimum atomic E-state index is 0.0947. The molecule has 1 atom stereocenters. The summed E-state index contributed by atoms with van der Waals surface area (Å²) in [7, 11) is 1.62. The first kappa shape index (κ1) is 14.6. The highest BCUT2D eigenvalue weighted by molar-refractivity contribution is 5.73. The van der Waals surface area contributed by atoms with E-state index in [2.05, 4.69) is 10.2 Å². The molecule has 6 nitrogen and oxygen atoms in total. The number of nitrogens with zero attached hydrogens (tertiary/aromatic N) is 3. The number of carbonyl (C=O) groups excluding carboxylic acids is 1. The van der Waals surface area contributed by atoms with Crippen LogP contribution in [0.1, 0.15) is 31.6 Å². The molecule has 1 aromatic heterocycles. The highest BCUT2D eigenvalue weighted by atomic mass is 16.5. The molecule has 0 aliphatic carbocycles. The van der Waals surface area contributed by atoms with Gasteiger partial charge in [-0.25, -0.2) is 0 Å². The molecule has 1 saturated heterocycles. The van der Waals surface area contributed by atoms with Crippen LogP contribution in [0.5, 0.6) is 5.75 Å². The molecule has 2 heterocycles. The first-order valence-electron chi connectivity index (χ1n) is 7.40. The van der Waals surface area contributed by atoms with E-state index in [1.807, 2.05) is 29.2 Å². The van der Waals surface area contributed by atoms with Crippen molar-refractivity contribution in [2.75, 3.05) is 20.2 Å². The molecule has 1 amide bonds. The van der Waals surface area contributed by atoms with E-state index in [0.29, 0.717) is 18.3 Å². The third-order valence-corrected chi connectivity index (χ3v) is 3.97. The van der Waals surface area contributed by atoms with Gasteiger partial charge in [0.25, 0.3) is 0 Å². The molecule has 1 aromatic carbocycles. The first-order valence-corrected chi connectivity index (χ1v) is 7.40. The third kappa shape index (κ3) is 2.95. The van der Waals surface area contributed by atoms with Gasteiger partial charge in [-0.15, -0.1) is 10.2 Å². The molecule has 22 heavy (non-hydrogen) atoms. The Hall–Kier alpha value is -2.37. The van der Waals surface area contributed by atoms with E-state index >= 15 is 0 Å². The van der Waals surface area contributed by atoms with E-state index in [1.54, 1.807) is 14.0 Å². The van der Waals surface area contributed by atoms with Crippen LogP contribution in [0.3, 0.4) is 0 Å². The number of amides is 1. The van der Waals surface area contributed by atoms with Crippen molar-refractivity contribution < 1.29 is 13.9 Å². The molecule has 1 fully saturated rings. The van der Waals surface area contributed by atoms with Gasteiger partial charge in [-0.2, -0.15) is 0 Å². The lowest BCUT2D eigenvalue weighted by atomic mass is 9.98. The van der Waals surface area contributed by atoms with Crippen LogP contribution in [0.2, 0.25) is 0 Å². The molecule has 0 radical (unpaired) electrons. The van der Waals surface area contributed by atoms with Crippen molar-refractivity contribution in [1.82, 2.24) is 15.1 Å².